The number of ether oxygens (including phenoxy) is 1. The van der Waals surface area contributed by atoms with E-state index in [1.165, 1.54) is 21.1 Å². The number of H-pyrrole nitrogens is 1. The van der Waals surface area contributed by atoms with E-state index < -0.39 is 21.0 Å². The Bertz CT molecular complexity index is 552. The van der Waals surface area contributed by atoms with Gasteiger partial charge in [-0.05, 0) is 13.3 Å². The van der Waals surface area contributed by atoms with Crippen molar-refractivity contribution in [2.24, 2.45) is 0 Å². The molecule has 1 rings (SSSR count). The average molecular weight is 291 g/mol. The standard InChI is InChI=1S/C10H17N3O5S/c1-7-8(10(14)15)9(12-11-7)19(16,17)13(2)5-4-6-18-3/h4-6H2,1-3H3,(H,11,12)(H,14,15). The smallest absolute Gasteiger partial charge is 0.340 e. The van der Waals surface area contributed by atoms with Crippen molar-refractivity contribution in [2.75, 3.05) is 27.3 Å². The summed E-state index contributed by atoms with van der Waals surface area (Å²) in [4.78, 5) is 11.1. The number of hydrogen-bond acceptors (Lipinski definition) is 5. The van der Waals surface area contributed by atoms with E-state index in [1.807, 2.05) is 0 Å². The van der Waals surface area contributed by atoms with E-state index in [-0.39, 0.29) is 17.8 Å². The molecule has 0 aliphatic heterocycles. The lowest BCUT2D eigenvalue weighted by atomic mass is 10.3. The lowest BCUT2D eigenvalue weighted by Gasteiger charge is -2.15. The molecule has 0 saturated heterocycles. The number of rotatable bonds is 7. The number of nitrogens with one attached hydrogen (secondary N) is 1. The number of sulfonamides is 1. The molecule has 0 aromatic carbocycles. The van der Waals surface area contributed by atoms with E-state index in [2.05, 4.69) is 10.2 Å². The Labute approximate surface area is 111 Å². The van der Waals surface area contributed by atoms with Gasteiger partial charge in [0, 0.05) is 33.0 Å². The molecular weight excluding hydrogens is 274 g/mol. The van der Waals surface area contributed by atoms with Crippen LogP contribution in [-0.4, -0.2) is 61.3 Å². The molecule has 0 fully saturated rings. The second kappa shape index (κ2) is 6.13. The summed E-state index contributed by atoms with van der Waals surface area (Å²) >= 11 is 0. The predicted molar refractivity (Wildman–Crippen MR) is 66.6 cm³/mol. The number of aromatic carboxylic acids is 1. The number of aryl methyl sites for hydroxylation is 1. The molecule has 1 heterocycles. The van der Waals surface area contributed by atoms with Crippen molar-refractivity contribution in [1.82, 2.24) is 14.5 Å². The molecule has 19 heavy (non-hydrogen) atoms. The third kappa shape index (κ3) is 3.31. The Morgan fingerprint density at radius 3 is 2.68 bits per heavy atom. The third-order valence-corrected chi connectivity index (χ3v) is 4.39. The molecule has 0 aliphatic rings. The van der Waals surface area contributed by atoms with Crippen molar-refractivity contribution in [1.29, 1.82) is 0 Å². The normalized spacial score (nSPS) is 12.0. The van der Waals surface area contributed by atoms with Gasteiger partial charge in [-0.2, -0.15) is 9.40 Å². The van der Waals surface area contributed by atoms with Gasteiger partial charge in [-0.15, -0.1) is 0 Å². The van der Waals surface area contributed by atoms with Crippen LogP contribution in [0.15, 0.2) is 5.03 Å². The van der Waals surface area contributed by atoms with Gasteiger partial charge in [-0.1, -0.05) is 0 Å². The van der Waals surface area contributed by atoms with Crippen LogP contribution in [0.25, 0.3) is 0 Å². The maximum atomic E-state index is 12.2. The highest BCUT2D eigenvalue weighted by Crippen LogP contribution is 2.19. The summed E-state index contributed by atoms with van der Waals surface area (Å²) in [5.74, 6) is -1.32. The zero-order valence-electron chi connectivity index (χ0n) is 11.0. The van der Waals surface area contributed by atoms with Crippen molar-refractivity contribution >= 4 is 16.0 Å². The van der Waals surface area contributed by atoms with Gasteiger partial charge in [0.1, 0.15) is 5.56 Å². The maximum absolute atomic E-state index is 12.2. The van der Waals surface area contributed by atoms with Gasteiger partial charge in [0.15, 0.2) is 0 Å². The fourth-order valence-corrected chi connectivity index (χ4v) is 2.87. The van der Waals surface area contributed by atoms with Crippen LogP contribution in [0.1, 0.15) is 22.5 Å². The van der Waals surface area contributed by atoms with Crippen molar-refractivity contribution in [2.45, 2.75) is 18.4 Å². The summed E-state index contributed by atoms with van der Waals surface area (Å²) in [7, 11) is -1.02. The van der Waals surface area contributed by atoms with Gasteiger partial charge in [0.2, 0.25) is 5.03 Å². The topological polar surface area (TPSA) is 113 Å². The van der Waals surface area contributed by atoms with E-state index in [0.717, 1.165) is 4.31 Å². The number of carbonyl (C=O) groups is 1. The van der Waals surface area contributed by atoms with E-state index in [1.54, 1.807) is 0 Å². The fraction of sp³-hybridized carbons (Fsp3) is 0.600. The summed E-state index contributed by atoms with van der Waals surface area (Å²) in [6, 6.07) is 0. The molecule has 8 nitrogen and oxygen atoms in total. The molecule has 0 atom stereocenters. The molecular formula is C10H17N3O5S. The zero-order valence-corrected chi connectivity index (χ0v) is 11.8. The first kappa shape index (κ1) is 15.6. The summed E-state index contributed by atoms with van der Waals surface area (Å²) in [6.07, 6.45) is 0.512. The fourth-order valence-electron chi connectivity index (χ4n) is 1.54. The molecule has 1 aromatic heterocycles. The van der Waals surface area contributed by atoms with E-state index in [9.17, 15) is 13.2 Å². The van der Waals surface area contributed by atoms with Crippen LogP contribution in [-0.2, 0) is 14.8 Å². The van der Waals surface area contributed by atoms with Crippen molar-refractivity contribution in [3.8, 4) is 0 Å². The summed E-state index contributed by atoms with van der Waals surface area (Å²) in [6.45, 7) is 2.10. The number of carboxylic acid groups (broad SMARTS) is 1. The molecule has 0 aliphatic carbocycles. The van der Waals surface area contributed by atoms with Crippen LogP contribution in [0, 0.1) is 6.92 Å². The van der Waals surface area contributed by atoms with Gasteiger partial charge in [-0.25, -0.2) is 13.2 Å². The first-order valence-electron chi connectivity index (χ1n) is 5.56. The number of aromatic nitrogens is 2. The first-order chi connectivity index (χ1) is 8.82. The molecule has 0 saturated carbocycles. The van der Waals surface area contributed by atoms with Crippen LogP contribution < -0.4 is 0 Å². The van der Waals surface area contributed by atoms with Crippen LogP contribution in [0.3, 0.4) is 0 Å². The molecule has 9 heteroatoms. The monoisotopic (exact) mass is 291 g/mol. The molecule has 0 bridgehead atoms. The predicted octanol–water partition coefficient (Wildman–Crippen LogP) is 0.0733. The number of carboxylic acids is 1. The summed E-state index contributed by atoms with van der Waals surface area (Å²) in [5, 5.41) is 14.5. The van der Waals surface area contributed by atoms with Gasteiger partial charge in [-0.3, -0.25) is 5.10 Å². The second-order valence-corrected chi connectivity index (χ2v) is 5.97. The number of nitrogens with zero attached hydrogens (tertiary/aromatic N) is 2. The average Bonchev–Trinajstić information content (AvgIpc) is 2.72. The Hall–Kier alpha value is -1.45. The maximum Gasteiger partial charge on any atom is 0.340 e. The van der Waals surface area contributed by atoms with Crippen molar-refractivity contribution < 1.29 is 23.1 Å². The Morgan fingerprint density at radius 1 is 1.53 bits per heavy atom. The van der Waals surface area contributed by atoms with Gasteiger partial charge >= 0.3 is 5.97 Å². The SMILES string of the molecule is COCCCN(C)S(=O)(=O)c1n[nH]c(C)c1C(=O)O. The number of methoxy groups -OCH3 is 1. The number of aromatic amines is 1. The lowest BCUT2D eigenvalue weighted by Crippen LogP contribution is -2.30. The molecule has 0 radical (unpaired) electrons. The zero-order chi connectivity index (χ0) is 14.6. The Morgan fingerprint density at radius 2 is 2.16 bits per heavy atom. The largest absolute Gasteiger partial charge is 0.478 e. The van der Waals surface area contributed by atoms with Gasteiger partial charge in [0.25, 0.3) is 10.0 Å². The minimum Gasteiger partial charge on any atom is -0.478 e. The Balaban J connectivity index is 3.04. The van der Waals surface area contributed by atoms with Crippen LogP contribution >= 0.6 is 0 Å². The summed E-state index contributed by atoms with van der Waals surface area (Å²) < 4.78 is 30.3. The van der Waals surface area contributed by atoms with Crippen molar-refractivity contribution in [3.05, 3.63) is 11.3 Å². The van der Waals surface area contributed by atoms with Gasteiger partial charge in [0.05, 0.1) is 0 Å². The summed E-state index contributed by atoms with van der Waals surface area (Å²) in [5.41, 5.74) is -0.116. The van der Waals surface area contributed by atoms with E-state index in [4.69, 9.17) is 9.84 Å². The highest BCUT2D eigenvalue weighted by Gasteiger charge is 2.31. The second-order valence-electron chi connectivity index (χ2n) is 4.01. The van der Waals surface area contributed by atoms with E-state index >= 15 is 0 Å². The molecule has 0 unspecified atom stereocenters. The lowest BCUT2D eigenvalue weighted by molar-refractivity contribution is 0.0691. The molecule has 1 aromatic rings. The van der Waals surface area contributed by atoms with E-state index in [0.29, 0.717) is 13.0 Å². The highest BCUT2D eigenvalue weighted by molar-refractivity contribution is 7.89. The first-order valence-corrected chi connectivity index (χ1v) is 7.00. The van der Waals surface area contributed by atoms with Crippen LogP contribution in [0.2, 0.25) is 0 Å². The minimum absolute atomic E-state index is 0.205. The quantitative estimate of drug-likeness (QED) is 0.688. The van der Waals surface area contributed by atoms with Crippen LogP contribution in [0.4, 0.5) is 0 Å². The Kier molecular flexibility index (Phi) is 5.04. The molecule has 2 N–H and O–H groups in total. The molecule has 0 spiro atoms. The highest BCUT2D eigenvalue weighted by atomic mass is 32.2. The molecule has 0 amide bonds. The van der Waals surface area contributed by atoms with Gasteiger partial charge < -0.3 is 9.84 Å². The van der Waals surface area contributed by atoms with Crippen molar-refractivity contribution in [3.63, 3.8) is 0 Å². The number of hydrogen-bond donors (Lipinski definition) is 2. The third-order valence-electron chi connectivity index (χ3n) is 2.60. The minimum atomic E-state index is -3.92. The molecule has 108 valence electrons. The van der Waals surface area contributed by atoms with Crippen LogP contribution in [0.5, 0.6) is 0 Å².